The fourth-order valence-electron chi connectivity index (χ4n) is 2.97. The molecule has 0 saturated carbocycles. The zero-order chi connectivity index (χ0) is 16.4. The first-order valence-electron chi connectivity index (χ1n) is 7.26. The molecule has 0 unspecified atom stereocenters. The molecule has 1 saturated heterocycles. The standard InChI is InChI=1S/C16H16F3N3O/c17-16(18,19)13-3-1-2-12(4-13)15-5-14(23)9-22(15)8-11-6-20-10-21-7-11/h1-4,6-7,10,14-15,23H,5,8-9H2/t14-,15+/m1/s1. The average Bonchev–Trinajstić information content (AvgIpc) is 2.88. The highest BCUT2D eigenvalue weighted by Gasteiger charge is 2.35. The fourth-order valence-corrected chi connectivity index (χ4v) is 2.97. The second-order valence-electron chi connectivity index (χ2n) is 5.70. The second kappa shape index (κ2) is 6.25. The predicted molar refractivity (Wildman–Crippen MR) is 77.3 cm³/mol. The van der Waals surface area contributed by atoms with Crippen molar-refractivity contribution in [2.24, 2.45) is 0 Å². The van der Waals surface area contributed by atoms with Crippen LogP contribution >= 0.6 is 0 Å². The van der Waals surface area contributed by atoms with Gasteiger partial charge < -0.3 is 5.11 Å². The zero-order valence-electron chi connectivity index (χ0n) is 12.2. The number of β-amino-alcohol motifs (C(OH)–C–C–N with tert-alkyl or cyclic N) is 1. The Morgan fingerprint density at radius 2 is 1.96 bits per heavy atom. The third-order valence-electron chi connectivity index (χ3n) is 3.98. The molecule has 7 heteroatoms. The number of halogens is 3. The van der Waals surface area contributed by atoms with Crippen molar-refractivity contribution in [2.75, 3.05) is 6.54 Å². The van der Waals surface area contributed by atoms with Crippen LogP contribution in [0.4, 0.5) is 13.2 Å². The van der Waals surface area contributed by atoms with Crippen LogP contribution in [0.15, 0.2) is 43.0 Å². The summed E-state index contributed by atoms with van der Waals surface area (Å²) in [6, 6.07) is 5.05. The van der Waals surface area contributed by atoms with Crippen molar-refractivity contribution in [1.82, 2.24) is 14.9 Å². The molecule has 1 fully saturated rings. The number of benzene rings is 1. The van der Waals surface area contributed by atoms with Gasteiger partial charge in [-0.2, -0.15) is 13.2 Å². The first kappa shape index (κ1) is 15.9. The third-order valence-corrected chi connectivity index (χ3v) is 3.98. The lowest BCUT2D eigenvalue weighted by Crippen LogP contribution is -2.24. The molecule has 1 N–H and O–H groups in total. The number of aliphatic hydroxyl groups is 1. The minimum atomic E-state index is -4.37. The molecule has 3 rings (SSSR count). The topological polar surface area (TPSA) is 49.2 Å². The number of alkyl halides is 3. The highest BCUT2D eigenvalue weighted by Crippen LogP contribution is 2.36. The Balaban J connectivity index is 1.85. The largest absolute Gasteiger partial charge is 0.416 e. The van der Waals surface area contributed by atoms with E-state index in [9.17, 15) is 18.3 Å². The van der Waals surface area contributed by atoms with E-state index in [2.05, 4.69) is 9.97 Å². The maximum absolute atomic E-state index is 12.9. The quantitative estimate of drug-likeness (QED) is 0.944. The summed E-state index contributed by atoms with van der Waals surface area (Å²) in [6.07, 6.45) is 0.244. The van der Waals surface area contributed by atoms with E-state index in [0.717, 1.165) is 17.7 Å². The molecule has 2 atom stereocenters. The van der Waals surface area contributed by atoms with Crippen molar-refractivity contribution in [3.63, 3.8) is 0 Å². The monoisotopic (exact) mass is 323 g/mol. The van der Waals surface area contributed by atoms with Gasteiger partial charge in [0.2, 0.25) is 0 Å². The van der Waals surface area contributed by atoms with E-state index in [0.29, 0.717) is 25.1 Å². The minimum Gasteiger partial charge on any atom is -0.392 e. The van der Waals surface area contributed by atoms with E-state index < -0.39 is 17.8 Å². The van der Waals surface area contributed by atoms with Crippen molar-refractivity contribution >= 4 is 0 Å². The Kier molecular flexibility index (Phi) is 4.32. The number of hydrogen-bond acceptors (Lipinski definition) is 4. The maximum atomic E-state index is 12.9. The normalized spacial score (nSPS) is 22.4. The second-order valence-corrected chi connectivity index (χ2v) is 5.70. The molecule has 1 aromatic carbocycles. The maximum Gasteiger partial charge on any atom is 0.416 e. The molecule has 23 heavy (non-hydrogen) atoms. The summed E-state index contributed by atoms with van der Waals surface area (Å²) in [5.41, 5.74) is 0.756. The Morgan fingerprint density at radius 1 is 1.22 bits per heavy atom. The van der Waals surface area contributed by atoms with Gasteiger partial charge in [0.25, 0.3) is 0 Å². The van der Waals surface area contributed by atoms with Gasteiger partial charge in [-0.15, -0.1) is 0 Å². The van der Waals surface area contributed by atoms with Crippen LogP contribution in [0.1, 0.15) is 29.2 Å². The number of hydrogen-bond donors (Lipinski definition) is 1. The molecule has 1 aliphatic rings. The number of rotatable bonds is 3. The molecule has 0 radical (unpaired) electrons. The van der Waals surface area contributed by atoms with Crippen LogP contribution in [0.3, 0.4) is 0 Å². The number of nitrogens with zero attached hydrogens (tertiary/aromatic N) is 3. The molecule has 0 spiro atoms. The Labute approximate surface area is 131 Å². The molecule has 4 nitrogen and oxygen atoms in total. The van der Waals surface area contributed by atoms with Crippen molar-refractivity contribution in [1.29, 1.82) is 0 Å². The minimum absolute atomic E-state index is 0.257. The smallest absolute Gasteiger partial charge is 0.392 e. The molecule has 2 aromatic rings. The average molecular weight is 323 g/mol. The van der Waals surface area contributed by atoms with Crippen molar-refractivity contribution in [3.05, 3.63) is 59.7 Å². The summed E-state index contributed by atoms with van der Waals surface area (Å²) in [5.74, 6) is 0. The van der Waals surface area contributed by atoms with Gasteiger partial charge in [-0.05, 0) is 24.1 Å². The van der Waals surface area contributed by atoms with E-state index in [-0.39, 0.29) is 6.04 Å². The van der Waals surface area contributed by atoms with Crippen molar-refractivity contribution in [3.8, 4) is 0 Å². The van der Waals surface area contributed by atoms with Crippen LogP contribution < -0.4 is 0 Å². The predicted octanol–water partition coefficient (Wildman–Crippen LogP) is 2.80. The molecule has 0 bridgehead atoms. The summed E-state index contributed by atoms with van der Waals surface area (Å²) in [7, 11) is 0. The number of likely N-dealkylation sites (tertiary alicyclic amines) is 1. The van der Waals surface area contributed by atoms with Crippen LogP contribution in [-0.2, 0) is 12.7 Å². The van der Waals surface area contributed by atoms with E-state index >= 15 is 0 Å². The van der Waals surface area contributed by atoms with Gasteiger partial charge in [0.1, 0.15) is 6.33 Å². The van der Waals surface area contributed by atoms with Gasteiger partial charge in [-0.1, -0.05) is 12.1 Å². The van der Waals surface area contributed by atoms with E-state index in [4.69, 9.17) is 0 Å². The first-order chi connectivity index (χ1) is 10.9. The zero-order valence-corrected chi connectivity index (χ0v) is 12.2. The molecular formula is C16H16F3N3O. The molecule has 122 valence electrons. The highest BCUT2D eigenvalue weighted by atomic mass is 19.4. The van der Waals surface area contributed by atoms with E-state index in [1.165, 1.54) is 12.4 Å². The summed E-state index contributed by atoms with van der Waals surface area (Å²) in [6.45, 7) is 0.897. The van der Waals surface area contributed by atoms with E-state index in [1.807, 2.05) is 4.90 Å². The summed E-state index contributed by atoms with van der Waals surface area (Å²) >= 11 is 0. The van der Waals surface area contributed by atoms with Gasteiger partial charge in [0.15, 0.2) is 0 Å². The Hall–Kier alpha value is -1.99. The van der Waals surface area contributed by atoms with Crippen molar-refractivity contribution < 1.29 is 18.3 Å². The molecule has 1 aliphatic heterocycles. The van der Waals surface area contributed by atoms with Crippen LogP contribution in [0.25, 0.3) is 0 Å². The van der Waals surface area contributed by atoms with Gasteiger partial charge >= 0.3 is 6.18 Å². The van der Waals surface area contributed by atoms with Crippen LogP contribution in [-0.4, -0.2) is 32.6 Å². The summed E-state index contributed by atoms with van der Waals surface area (Å²) in [5, 5.41) is 9.94. The van der Waals surface area contributed by atoms with Crippen molar-refractivity contribution in [2.45, 2.75) is 31.3 Å². The Morgan fingerprint density at radius 3 is 2.65 bits per heavy atom. The van der Waals surface area contributed by atoms with Crippen LogP contribution in [0.5, 0.6) is 0 Å². The SMILES string of the molecule is O[C@@H]1C[C@@H](c2cccc(C(F)(F)F)c2)N(Cc2cncnc2)C1. The Bertz CT molecular complexity index is 663. The molecule has 2 heterocycles. The molecule has 1 aromatic heterocycles. The van der Waals surface area contributed by atoms with Gasteiger partial charge in [0.05, 0.1) is 11.7 Å². The molecule has 0 aliphatic carbocycles. The molecule has 0 amide bonds. The lowest BCUT2D eigenvalue weighted by molar-refractivity contribution is -0.137. The number of aromatic nitrogens is 2. The van der Waals surface area contributed by atoms with Gasteiger partial charge in [-0.3, -0.25) is 4.90 Å². The lowest BCUT2D eigenvalue weighted by atomic mass is 10.0. The first-order valence-corrected chi connectivity index (χ1v) is 7.26. The van der Waals surface area contributed by atoms with Gasteiger partial charge in [0, 0.05) is 37.1 Å². The summed E-state index contributed by atoms with van der Waals surface area (Å²) < 4.78 is 38.7. The van der Waals surface area contributed by atoms with Crippen LogP contribution in [0, 0.1) is 0 Å². The highest BCUT2D eigenvalue weighted by molar-refractivity contribution is 5.29. The number of aliphatic hydroxyl groups excluding tert-OH is 1. The van der Waals surface area contributed by atoms with E-state index in [1.54, 1.807) is 18.5 Å². The fraction of sp³-hybridized carbons (Fsp3) is 0.375. The summed E-state index contributed by atoms with van der Waals surface area (Å²) in [4.78, 5) is 9.84. The molecular weight excluding hydrogens is 307 g/mol. The lowest BCUT2D eigenvalue weighted by Gasteiger charge is -2.24. The van der Waals surface area contributed by atoms with Crippen LogP contribution in [0.2, 0.25) is 0 Å². The third kappa shape index (κ3) is 3.68. The van der Waals surface area contributed by atoms with Gasteiger partial charge in [-0.25, -0.2) is 9.97 Å².